The van der Waals surface area contributed by atoms with E-state index in [1.807, 2.05) is 17.0 Å². The summed E-state index contributed by atoms with van der Waals surface area (Å²) in [5.41, 5.74) is 8.17. The molecule has 2 aliphatic rings. The van der Waals surface area contributed by atoms with Crippen LogP contribution < -0.4 is 11.1 Å². The molecule has 2 aromatic rings. The molecule has 3 atom stereocenters. The van der Waals surface area contributed by atoms with E-state index in [0.717, 1.165) is 49.7 Å². The normalized spacial score (nSPS) is 20.3. The van der Waals surface area contributed by atoms with Crippen LogP contribution >= 0.6 is 0 Å². The fraction of sp³-hybridized carbons (Fsp3) is 0.464. The van der Waals surface area contributed by atoms with Crippen LogP contribution in [0, 0.1) is 11.7 Å². The van der Waals surface area contributed by atoms with E-state index in [1.165, 1.54) is 24.3 Å². The van der Waals surface area contributed by atoms with Gasteiger partial charge in [-0.15, -0.1) is 0 Å². The second-order valence-corrected chi connectivity index (χ2v) is 10.2. The Bertz CT molecular complexity index is 1080. The van der Waals surface area contributed by atoms with E-state index in [2.05, 4.69) is 17.4 Å². The number of carbonyl (C=O) groups excluding carboxylic acids is 3. The molecule has 0 aliphatic heterocycles. The van der Waals surface area contributed by atoms with Gasteiger partial charge in [0.2, 0.25) is 11.8 Å². The lowest BCUT2D eigenvalue weighted by atomic mass is 9.74. The first-order valence-corrected chi connectivity index (χ1v) is 12.7. The molecule has 3 unspecified atom stereocenters. The van der Waals surface area contributed by atoms with Crippen LogP contribution in [0.4, 0.5) is 9.18 Å². The summed E-state index contributed by atoms with van der Waals surface area (Å²) < 4.78 is 13.3. The summed E-state index contributed by atoms with van der Waals surface area (Å²) in [6, 6.07) is 13.0. The number of carbonyl (C=O) groups is 3. The highest BCUT2D eigenvalue weighted by Crippen LogP contribution is 2.38. The molecule has 0 aromatic heterocycles. The largest absolute Gasteiger partial charge is 0.368 e. The summed E-state index contributed by atoms with van der Waals surface area (Å²) in [6.07, 6.45) is 5.65. The van der Waals surface area contributed by atoms with Crippen LogP contribution in [0.25, 0.3) is 0 Å². The smallest absolute Gasteiger partial charge is 0.320 e. The van der Waals surface area contributed by atoms with E-state index in [4.69, 9.17) is 5.73 Å². The van der Waals surface area contributed by atoms with E-state index in [0.29, 0.717) is 18.2 Å². The molecule has 0 heterocycles. The van der Waals surface area contributed by atoms with E-state index >= 15 is 0 Å². The third kappa shape index (κ3) is 6.04. The maximum absolute atomic E-state index is 13.3. The molecule has 0 radical (unpaired) electrons. The summed E-state index contributed by atoms with van der Waals surface area (Å²) in [7, 11) is 3.54. The van der Waals surface area contributed by atoms with Crippen LogP contribution in [0.2, 0.25) is 0 Å². The highest BCUT2D eigenvalue weighted by atomic mass is 19.1. The van der Waals surface area contributed by atoms with Gasteiger partial charge in [-0.2, -0.15) is 0 Å². The SMILES string of the molecule is CN(C)C(=O)N(Cc1ccc(C2CCCCC2C(=O)NC(C(N)=O)c2ccc(F)cc2)cc1)C1CC1. The molecule has 2 fully saturated rings. The fourth-order valence-electron chi connectivity index (χ4n) is 5.13. The number of hydrogen-bond donors (Lipinski definition) is 2. The minimum atomic E-state index is -1.01. The van der Waals surface area contributed by atoms with Crippen molar-refractivity contribution in [1.82, 2.24) is 15.1 Å². The zero-order valence-corrected chi connectivity index (χ0v) is 21.0. The third-order valence-corrected chi connectivity index (χ3v) is 7.25. The van der Waals surface area contributed by atoms with Crippen LogP contribution in [0.3, 0.4) is 0 Å². The van der Waals surface area contributed by atoms with Crippen molar-refractivity contribution in [3.63, 3.8) is 0 Å². The highest BCUT2D eigenvalue weighted by molar-refractivity contribution is 5.89. The Morgan fingerprint density at radius 1 is 0.972 bits per heavy atom. The van der Waals surface area contributed by atoms with Crippen molar-refractivity contribution in [1.29, 1.82) is 0 Å². The number of hydrogen-bond acceptors (Lipinski definition) is 3. The maximum Gasteiger partial charge on any atom is 0.320 e. The van der Waals surface area contributed by atoms with Gasteiger partial charge >= 0.3 is 6.03 Å². The number of nitrogens with two attached hydrogens (primary N) is 1. The topological polar surface area (TPSA) is 95.7 Å². The lowest BCUT2D eigenvalue weighted by Crippen LogP contribution is -2.42. The van der Waals surface area contributed by atoms with Gasteiger partial charge in [0.05, 0.1) is 0 Å². The minimum absolute atomic E-state index is 0.0238. The van der Waals surface area contributed by atoms with E-state index in [1.54, 1.807) is 19.0 Å². The van der Waals surface area contributed by atoms with E-state index in [-0.39, 0.29) is 23.8 Å². The van der Waals surface area contributed by atoms with Crippen molar-refractivity contribution in [2.24, 2.45) is 11.7 Å². The molecular weight excluding hydrogens is 459 g/mol. The summed E-state index contributed by atoms with van der Waals surface area (Å²) in [6.45, 7) is 0.564. The fourth-order valence-corrected chi connectivity index (χ4v) is 5.13. The first kappa shape index (κ1) is 25.7. The summed E-state index contributed by atoms with van der Waals surface area (Å²) in [5.74, 6) is -1.58. The quantitative estimate of drug-likeness (QED) is 0.579. The van der Waals surface area contributed by atoms with Crippen molar-refractivity contribution in [3.05, 3.63) is 71.0 Å². The molecule has 2 saturated carbocycles. The predicted molar refractivity (Wildman–Crippen MR) is 135 cm³/mol. The van der Waals surface area contributed by atoms with Crippen LogP contribution in [0.15, 0.2) is 48.5 Å². The van der Waals surface area contributed by atoms with Crippen LogP contribution in [0.5, 0.6) is 0 Å². The van der Waals surface area contributed by atoms with Gasteiger partial charge in [-0.3, -0.25) is 9.59 Å². The number of amides is 4. The summed E-state index contributed by atoms with van der Waals surface area (Å²) >= 11 is 0. The molecule has 192 valence electrons. The summed E-state index contributed by atoms with van der Waals surface area (Å²) in [5, 5.41) is 2.82. The first-order chi connectivity index (χ1) is 17.2. The van der Waals surface area contributed by atoms with Crippen LogP contribution in [-0.2, 0) is 16.1 Å². The molecule has 2 aromatic carbocycles. The maximum atomic E-state index is 13.3. The van der Waals surface area contributed by atoms with Gasteiger partial charge in [0.1, 0.15) is 11.9 Å². The van der Waals surface area contributed by atoms with Crippen molar-refractivity contribution < 1.29 is 18.8 Å². The lowest BCUT2D eigenvalue weighted by Gasteiger charge is -2.32. The standard InChI is InChI=1S/C28H35FN4O3/c1-32(2)28(36)33(22-15-16-22)17-18-7-9-19(10-8-18)23-5-3-4-6-24(23)27(35)31-25(26(30)34)20-11-13-21(29)14-12-20/h7-14,22-25H,3-6,15-17H2,1-2H3,(H2,30,34)(H,31,35). The predicted octanol–water partition coefficient (Wildman–Crippen LogP) is 4.09. The third-order valence-electron chi connectivity index (χ3n) is 7.25. The van der Waals surface area contributed by atoms with Gasteiger partial charge in [0, 0.05) is 32.6 Å². The Morgan fingerprint density at radius 2 is 1.61 bits per heavy atom. The van der Waals surface area contributed by atoms with Crippen molar-refractivity contribution in [2.45, 2.75) is 63.1 Å². The number of primary amides is 1. The van der Waals surface area contributed by atoms with Gasteiger partial charge in [-0.1, -0.05) is 49.2 Å². The molecule has 0 saturated heterocycles. The number of rotatable bonds is 8. The number of nitrogens with one attached hydrogen (secondary N) is 1. The molecule has 0 spiro atoms. The van der Waals surface area contributed by atoms with Gasteiger partial charge in [0.25, 0.3) is 0 Å². The first-order valence-electron chi connectivity index (χ1n) is 12.7. The van der Waals surface area contributed by atoms with Crippen LogP contribution in [0.1, 0.15) is 67.2 Å². The number of halogens is 1. The number of benzene rings is 2. The average molecular weight is 495 g/mol. The average Bonchev–Trinajstić information content (AvgIpc) is 3.71. The molecule has 3 N–H and O–H groups in total. The lowest BCUT2D eigenvalue weighted by molar-refractivity contribution is -0.131. The Kier molecular flexibility index (Phi) is 7.91. The molecule has 4 rings (SSSR count). The monoisotopic (exact) mass is 494 g/mol. The molecule has 8 heteroatoms. The molecule has 4 amide bonds. The molecule has 2 aliphatic carbocycles. The Labute approximate surface area is 211 Å². The zero-order chi connectivity index (χ0) is 25.8. The van der Waals surface area contributed by atoms with Crippen LogP contribution in [-0.4, -0.2) is 47.8 Å². The van der Waals surface area contributed by atoms with Gasteiger partial charge in [-0.25, -0.2) is 9.18 Å². The minimum Gasteiger partial charge on any atom is -0.368 e. The van der Waals surface area contributed by atoms with E-state index < -0.39 is 17.8 Å². The van der Waals surface area contributed by atoms with Gasteiger partial charge < -0.3 is 20.9 Å². The van der Waals surface area contributed by atoms with E-state index in [9.17, 15) is 18.8 Å². The molecule has 7 nitrogen and oxygen atoms in total. The van der Waals surface area contributed by atoms with Gasteiger partial charge in [0.15, 0.2) is 0 Å². The molecular formula is C28H35FN4O3. The van der Waals surface area contributed by atoms with Crippen molar-refractivity contribution in [3.8, 4) is 0 Å². The molecule has 36 heavy (non-hydrogen) atoms. The second kappa shape index (κ2) is 11.1. The van der Waals surface area contributed by atoms with Crippen molar-refractivity contribution >= 4 is 17.8 Å². The zero-order valence-electron chi connectivity index (χ0n) is 21.0. The second-order valence-electron chi connectivity index (χ2n) is 10.2. The summed E-state index contributed by atoms with van der Waals surface area (Å²) in [4.78, 5) is 41.5. The highest BCUT2D eigenvalue weighted by Gasteiger charge is 2.35. The molecule has 0 bridgehead atoms. The van der Waals surface area contributed by atoms with Gasteiger partial charge in [-0.05, 0) is 60.4 Å². The Balaban J connectivity index is 1.47. The Morgan fingerprint density at radius 3 is 2.19 bits per heavy atom. The number of urea groups is 1. The van der Waals surface area contributed by atoms with Crippen molar-refractivity contribution in [2.75, 3.05) is 14.1 Å². The Hall–Kier alpha value is -3.42. The number of nitrogens with zero attached hydrogens (tertiary/aromatic N) is 2.